The summed E-state index contributed by atoms with van der Waals surface area (Å²) in [5, 5.41) is 12.0. The third-order valence-electron chi connectivity index (χ3n) is 4.21. The van der Waals surface area contributed by atoms with Gasteiger partial charge in [-0.25, -0.2) is 13.2 Å². The Hall–Kier alpha value is -3.36. The van der Waals surface area contributed by atoms with Gasteiger partial charge in [-0.2, -0.15) is 0 Å². The first-order chi connectivity index (χ1) is 14.2. The number of sulfonamides is 1. The quantitative estimate of drug-likeness (QED) is 0.521. The summed E-state index contributed by atoms with van der Waals surface area (Å²) < 4.78 is 27.8. The van der Waals surface area contributed by atoms with Crippen LogP contribution in [0.4, 0.5) is 11.4 Å². The van der Waals surface area contributed by atoms with E-state index in [0.29, 0.717) is 22.0 Å². The number of hydrogen-bond acceptors (Lipinski definition) is 4. The summed E-state index contributed by atoms with van der Waals surface area (Å²) in [4.78, 5) is 23.4. The van der Waals surface area contributed by atoms with Gasteiger partial charge in [0.15, 0.2) is 0 Å². The topological polar surface area (TPSA) is 113 Å². The standard InChI is InChI=1S/C21H17ClN2O5S/c1-13-12-15(20(25)23-17-7-2-14(3-8-17)21(26)27)4-11-19(13)30(28,29)24-18-9-5-16(22)6-10-18/h2-12,24H,1H3,(H,23,25)(H,26,27). The average Bonchev–Trinajstić information content (AvgIpc) is 2.69. The number of benzene rings is 3. The van der Waals surface area contributed by atoms with E-state index in [1.54, 1.807) is 31.2 Å². The molecule has 0 atom stereocenters. The van der Waals surface area contributed by atoms with E-state index in [1.165, 1.54) is 42.5 Å². The first kappa shape index (κ1) is 21.4. The molecule has 3 aromatic carbocycles. The number of aryl methyl sites for hydroxylation is 1. The molecule has 0 fully saturated rings. The smallest absolute Gasteiger partial charge is 0.335 e. The molecular weight excluding hydrogens is 428 g/mol. The molecule has 7 nitrogen and oxygen atoms in total. The second-order valence-electron chi connectivity index (χ2n) is 6.43. The molecule has 1 amide bonds. The van der Waals surface area contributed by atoms with Crippen molar-refractivity contribution in [1.29, 1.82) is 0 Å². The van der Waals surface area contributed by atoms with Gasteiger partial charge in [0.1, 0.15) is 0 Å². The van der Waals surface area contributed by atoms with Gasteiger partial charge in [-0.3, -0.25) is 9.52 Å². The Labute approximate surface area is 178 Å². The number of halogens is 1. The van der Waals surface area contributed by atoms with Crippen LogP contribution in [0.15, 0.2) is 71.6 Å². The van der Waals surface area contributed by atoms with E-state index in [-0.39, 0.29) is 16.0 Å². The molecule has 3 aromatic rings. The summed E-state index contributed by atoms with van der Waals surface area (Å²) >= 11 is 5.81. The van der Waals surface area contributed by atoms with Crippen LogP contribution in [-0.2, 0) is 10.0 Å². The molecule has 0 bridgehead atoms. The van der Waals surface area contributed by atoms with Crippen molar-refractivity contribution < 1.29 is 23.1 Å². The summed E-state index contributed by atoms with van der Waals surface area (Å²) in [5.41, 5.74) is 1.55. The predicted molar refractivity (Wildman–Crippen MR) is 115 cm³/mol. The Bertz CT molecular complexity index is 1210. The minimum atomic E-state index is -3.85. The van der Waals surface area contributed by atoms with Crippen molar-refractivity contribution in [1.82, 2.24) is 0 Å². The highest BCUT2D eigenvalue weighted by Crippen LogP contribution is 2.22. The molecule has 3 N–H and O–H groups in total. The van der Waals surface area contributed by atoms with Gasteiger partial charge in [-0.05, 0) is 79.2 Å². The van der Waals surface area contributed by atoms with E-state index >= 15 is 0 Å². The molecule has 0 unspecified atom stereocenters. The van der Waals surface area contributed by atoms with E-state index < -0.39 is 21.9 Å². The van der Waals surface area contributed by atoms with E-state index in [4.69, 9.17) is 16.7 Å². The number of carboxylic acid groups (broad SMARTS) is 1. The summed E-state index contributed by atoms with van der Waals surface area (Å²) in [6.07, 6.45) is 0. The van der Waals surface area contributed by atoms with Crippen molar-refractivity contribution in [2.75, 3.05) is 10.0 Å². The maximum atomic E-state index is 12.7. The number of carbonyl (C=O) groups excluding carboxylic acids is 1. The molecule has 30 heavy (non-hydrogen) atoms. The second kappa shape index (κ2) is 8.56. The lowest BCUT2D eigenvalue weighted by atomic mass is 10.1. The third-order valence-corrected chi connectivity index (χ3v) is 6.01. The largest absolute Gasteiger partial charge is 0.478 e. The van der Waals surface area contributed by atoms with Crippen LogP contribution in [-0.4, -0.2) is 25.4 Å². The number of hydrogen-bond donors (Lipinski definition) is 3. The number of rotatable bonds is 6. The van der Waals surface area contributed by atoms with Crippen molar-refractivity contribution in [3.05, 3.63) is 88.4 Å². The van der Waals surface area contributed by atoms with Gasteiger partial charge < -0.3 is 10.4 Å². The molecule has 0 aliphatic carbocycles. The summed E-state index contributed by atoms with van der Waals surface area (Å²) in [5.74, 6) is -1.51. The number of carbonyl (C=O) groups is 2. The van der Waals surface area contributed by atoms with Gasteiger partial charge in [-0.1, -0.05) is 11.6 Å². The first-order valence-electron chi connectivity index (χ1n) is 8.69. The monoisotopic (exact) mass is 444 g/mol. The number of aromatic carboxylic acids is 1. The van der Waals surface area contributed by atoms with Gasteiger partial charge in [0, 0.05) is 22.0 Å². The second-order valence-corrected chi connectivity index (χ2v) is 8.52. The predicted octanol–water partition coefficient (Wildman–Crippen LogP) is 4.40. The van der Waals surface area contributed by atoms with Crippen LogP contribution in [0.2, 0.25) is 5.02 Å². The van der Waals surface area contributed by atoms with Crippen LogP contribution in [0.3, 0.4) is 0 Å². The SMILES string of the molecule is Cc1cc(C(=O)Nc2ccc(C(=O)O)cc2)ccc1S(=O)(=O)Nc1ccc(Cl)cc1. The van der Waals surface area contributed by atoms with Gasteiger partial charge in [0.2, 0.25) is 0 Å². The summed E-state index contributed by atoms with van der Waals surface area (Å²) in [6.45, 7) is 1.59. The molecule has 0 aromatic heterocycles. The van der Waals surface area contributed by atoms with Crippen molar-refractivity contribution in [2.24, 2.45) is 0 Å². The Morgan fingerprint density at radius 1 is 0.867 bits per heavy atom. The van der Waals surface area contributed by atoms with Crippen LogP contribution in [0.5, 0.6) is 0 Å². The minimum absolute atomic E-state index is 0.0415. The molecule has 0 saturated carbocycles. The van der Waals surface area contributed by atoms with Crippen LogP contribution in [0.1, 0.15) is 26.3 Å². The van der Waals surface area contributed by atoms with Gasteiger partial charge in [0.05, 0.1) is 10.5 Å². The van der Waals surface area contributed by atoms with Gasteiger partial charge >= 0.3 is 5.97 Å². The highest BCUT2D eigenvalue weighted by molar-refractivity contribution is 7.92. The lowest BCUT2D eigenvalue weighted by Gasteiger charge is -2.12. The van der Waals surface area contributed by atoms with Crippen molar-refractivity contribution in [3.8, 4) is 0 Å². The highest BCUT2D eigenvalue weighted by atomic mass is 35.5. The number of carboxylic acids is 1. The van der Waals surface area contributed by atoms with E-state index in [2.05, 4.69) is 10.0 Å². The molecule has 0 spiro atoms. The van der Waals surface area contributed by atoms with E-state index in [0.717, 1.165) is 0 Å². The first-order valence-corrected chi connectivity index (χ1v) is 10.6. The molecule has 0 saturated heterocycles. The molecule has 3 rings (SSSR count). The van der Waals surface area contributed by atoms with Crippen molar-refractivity contribution in [3.63, 3.8) is 0 Å². The third kappa shape index (κ3) is 4.97. The van der Waals surface area contributed by atoms with Gasteiger partial charge in [0.25, 0.3) is 15.9 Å². The normalized spacial score (nSPS) is 11.0. The maximum Gasteiger partial charge on any atom is 0.335 e. The Morgan fingerprint density at radius 2 is 1.43 bits per heavy atom. The fourth-order valence-electron chi connectivity index (χ4n) is 2.72. The average molecular weight is 445 g/mol. The van der Waals surface area contributed by atoms with Crippen LogP contribution in [0, 0.1) is 6.92 Å². The molecule has 154 valence electrons. The van der Waals surface area contributed by atoms with E-state index in [1.807, 2.05) is 0 Å². The zero-order valence-electron chi connectivity index (χ0n) is 15.7. The van der Waals surface area contributed by atoms with Gasteiger partial charge in [-0.15, -0.1) is 0 Å². The number of anilines is 2. The fraction of sp³-hybridized carbons (Fsp3) is 0.0476. The summed E-state index contributed by atoms with van der Waals surface area (Å²) in [7, 11) is -3.85. The Kier molecular flexibility index (Phi) is 6.09. The Balaban J connectivity index is 1.77. The van der Waals surface area contributed by atoms with Crippen LogP contribution in [0.25, 0.3) is 0 Å². The molecule has 0 aliphatic heterocycles. The van der Waals surface area contributed by atoms with Crippen LogP contribution < -0.4 is 10.0 Å². The lowest BCUT2D eigenvalue weighted by molar-refractivity contribution is 0.0696. The van der Waals surface area contributed by atoms with E-state index in [9.17, 15) is 18.0 Å². The zero-order chi connectivity index (χ0) is 21.9. The number of amides is 1. The fourth-order valence-corrected chi connectivity index (χ4v) is 4.13. The molecule has 0 aliphatic rings. The Morgan fingerprint density at radius 3 is 2.00 bits per heavy atom. The minimum Gasteiger partial charge on any atom is -0.478 e. The molecule has 9 heteroatoms. The molecule has 0 heterocycles. The van der Waals surface area contributed by atoms with Crippen molar-refractivity contribution in [2.45, 2.75) is 11.8 Å². The number of nitrogens with one attached hydrogen (secondary N) is 2. The molecular formula is C21H17ClN2O5S. The van der Waals surface area contributed by atoms with Crippen LogP contribution >= 0.6 is 11.6 Å². The summed E-state index contributed by atoms with van der Waals surface area (Å²) in [6, 6.07) is 16.2. The molecule has 0 radical (unpaired) electrons. The maximum absolute atomic E-state index is 12.7. The zero-order valence-corrected chi connectivity index (χ0v) is 17.3. The van der Waals surface area contributed by atoms with Crippen molar-refractivity contribution >= 4 is 44.9 Å². The lowest BCUT2D eigenvalue weighted by Crippen LogP contribution is -2.16. The highest BCUT2D eigenvalue weighted by Gasteiger charge is 2.19.